The molecule has 0 saturated carbocycles. The molecule has 0 aliphatic carbocycles. The van der Waals surface area contributed by atoms with Gasteiger partial charge in [0, 0.05) is 39.2 Å². The van der Waals surface area contributed by atoms with Crippen molar-refractivity contribution in [3.05, 3.63) is 152 Å². The summed E-state index contributed by atoms with van der Waals surface area (Å²) in [6.07, 6.45) is 1.86. The number of imidazole rings is 1. The molecule has 0 bridgehead atoms. The van der Waals surface area contributed by atoms with Gasteiger partial charge in [0.2, 0.25) is 0 Å². The smallest absolute Gasteiger partial charge is 0.145 e. The number of pyridine rings is 1. The molecule has 0 spiro atoms. The number of para-hydroxylation sites is 4. The minimum Gasteiger partial charge on any atom is -0.456 e. The van der Waals surface area contributed by atoms with E-state index in [2.05, 4.69) is 126 Å². The fourth-order valence-corrected chi connectivity index (χ4v) is 6.45. The summed E-state index contributed by atoms with van der Waals surface area (Å²) in [7, 11) is 0. The zero-order valence-corrected chi connectivity index (χ0v) is 23.7. The van der Waals surface area contributed by atoms with E-state index < -0.39 is 0 Å². The summed E-state index contributed by atoms with van der Waals surface area (Å²) >= 11 is 0. The van der Waals surface area contributed by atoms with Gasteiger partial charge in [-0.05, 0) is 71.3 Å². The molecule has 0 N–H and O–H groups in total. The molecule has 44 heavy (non-hydrogen) atoms. The molecule has 0 aliphatic rings. The average molecular weight is 564 g/mol. The van der Waals surface area contributed by atoms with Gasteiger partial charge in [-0.15, -0.1) is 0 Å². The number of fused-ring (bicyclic) bond motifs is 5. The van der Waals surface area contributed by atoms with Crippen molar-refractivity contribution in [2.45, 2.75) is 0 Å². The van der Waals surface area contributed by atoms with Crippen molar-refractivity contribution in [1.82, 2.24) is 14.5 Å². The maximum absolute atomic E-state index is 6.38. The molecule has 206 valence electrons. The maximum atomic E-state index is 6.38. The van der Waals surface area contributed by atoms with Crippen LogP contribution in [-0.4, -0.2) is 14.5 Å². The highest BCUT2D eigenvalue weighted by Crippen LogP contribution is 2.40. The summed E-state index contributed by atoms with van der Waals surface area (Å²) in [5.41, 5.74) is 11.4. The van der Waals surface area contributed by atoms with Gasteiger partial charge in [0.25, 0.3) is 0 Å². The highest BCUT2D eigenvalue weighted by Gasteiger charge is 2.17. The second-order valence-corrected chi connectivity index (χ2v) is 11.0. The summed E-state index contributed by atoms with van der Waals surface area (Å²) in [5, 5.41) is 3.31. The Kier molecular flexibility index (Phi) is 5.47. The highest BCUT2D eigenvalue weighted by atomic mass is 16.3. The van der Waals surface area contributed by atoms with Crippen molar-refractivity contribution < 1.29 is 4.42 Å². The Morgan fingerprint density at radius 3 is 2.27 bits per heavy atom. The molecule has 0 atom stereocenters. The van der Waals surface area contributed by atoms with Gasteiger partial charge in [0.05, 0.1) is 16.6 Å². The Hall–Kier alpha value is -6.00. The summed E-state index contributed by atoms with van der Waals surface area (Å²) in [6, 6.07) is 50.6. The third kappa shape index (κ3) is 3.85. The van der Waals surface area contributed by atoms with E-state index in [0.29, 0.717) is 0 Å². The van der Waals surface area contributed by atoms with E-state index in [1.807, 2.05) is 30.5 Å². The number of rotatable bonds is 4. The lowest BCUT2D eigenvalue weighted by atomic mass is 9.95. The van der Waals surface area contributed by atoms with Crippen LogP contribution >= 0.6 is 0 Å². The molecule has 3 aromatic heterocycles. The normalized spacial score (nSPS) is 11.6. The van der Waals surface area contributed by atoms with Crippen LogP contribution in [0.15, 0.2) is 156 Å². The molecule has 0 radical (unpaired) electrons. The molecule has 0 aliphatic heterocycles. The van der Waals surface area contributed by atoms with Crippen molar-refractivity contribution in [2.24, 2.45) is 0 Å². The first-order chi connectivity index (χ1) is 21.8. The van der Waals surface area contributed by atoms with Crippen molar-refractivity contribution in [3.8, 4) is 39.3 Å². The van der Waals surface area contributed by atoms with E-state index in [0.717, 1.165) is 83.2 Å². The first-order valence-corrected chi connectivity index (χ1v) is 14.7. The van der Waals surface area contributed by atoms with E-state index >= 15 is 0 Å². The van der Waals surface area contributed by atoms with Gasteiger partial charge in [-0.2, -0.15) is 0 Å². The molecule has 4 heteroatoms. The number of nitrogens with zero attached hydrogens (tertiary/aromatic N) is 3. The van der Waals surface area contributed by atoms with E-state index in [9.17, 15) is 0 Å². The van der Waals surface area contributed by atoms with Crippen LogP contribution in [0.2, 0.25) is 0 Å². The number of benzene rings is 6. The third-order valence-electron chi connectivity index (χ3n) is 8.45. The van der Waals surface area contributed by atoms with Gasteiger partial charge >= 0.3 is 0 Å². The van der Waals surface area contributed by atoms with Crippen LogP contribution in [-0.2, 0) is 0 Å². The number of aromatic nitrogens is 3. The minimum absolute atomic E-state index is 0.867. The molecule has 6 aromatic carbocycles. The molecule has 9 rings (SSSR count). The van der Waals surface area contributed by atoms with Crippen molar-refractivity contribution in [3.63, 3.8) is 0 Å². The van der Waals surface area contributed by atoms with Crippen LogP contribution in [0.3, 0.4) is 0 Å². The Morgan fingerprint density at radius 1 is 0.545 bits per heavy atom. The lowest BCUT2D eigenvalue weighted by Crippen LogP contribution is -1.97. The first-order valence-electron chi connectivity index (χ1n) is 14.7. The fraction of sp³-hybridized carbons (Fsp3) is 0. The van der Waals surface area contributed by atoms with Crippen LogP contribution in [0.1, 0.15) is 0 Å². The topological polar surface area (TPSA) is 43.9 Å². The summed E-state index contributed by atoms with van der Waals surface area (Å²) in [4.78, 5) is 9.83. The van der Waals surface area contributed by atoms with Gasteiger partial charge in [0.1, 0.15) is 17.0 Å². The second-order valence-electron chi connectivity index (χ2n) is 11.0. The van der Waals surface area contributed by atoms with Gasteiger partial charge in [-0.3, -0.25) is 9.55 Å². The third-order valence-corrected chi connectivity index (χ3v) is 8.45. The van der Waals surface area contributed by atoms with Crippen LogP contribution in [0.4, 0.5) is 0 Å². The Bertz CT molecular complexity index is 2500. The Labute approximate surface area is 253 Å². The molecule has 0 amide bonds. The monoisotopic (exact) mass is 563 g/mol. The van der Waals surface area contributed by atoms with Crippen molar-refractivity contribution in [2.75, 3.05) is 0 Å². The molecule has 3 heterocycles. The van der Waals surface area contributed by atoms with E-state index in [1.165, 1.54) is 0 Å². The molecule has 0 saturated heterocycles. The van der Waals surface area contributed by atoms with Crippen LogP contribution in [0, 0.1) is 0 Å². The lowest BCUT2D eigenvalue weighted by Gasteiger charge is -2.11. The van der Waals surface area contributed by atoms with Gasteiger partial charge in [-0.25, -0.2) is 4.98 Å². The van der Waals surface area contributed by atoms with E-state index in [-0.39, 0.29) is 0 Å². The van der Waals surface area contributed by atoms with Gasteiger partial charge in [-0.1, -0.05) is 91.0 Å². The maximum Gasteiger partial charge on any atom is 0.145 e. The van der Waals surface area contributed by atoms with Gasteiger partial charge < -0.3 is 4.42 Å². The molecule has 0 unspecified atom stereocenters. The largest absolute Gasteiger partial charge is 0.456 e. The van der Waals surface area contributed by atoms with Crippen molar-refractivity contribution >= 4 is 43.9 Å². The quantitative estimate of drug-likeness (QED) is 0.214. The SMILES string of the molecule is c1ccc(-n2c(-c3cccc(-c4ccc5oc6cccc(-c7cccc8cccnc78)c6c5c4)c3)nc3ccccc32)cc1. The van der Waals surface area contributed by atoms with Crippen LogP contribution < -0.4 is 0 Å². The number of hydrogen-bond acceptors (Lipinski definition) is 3. The molecule has 0 fully saturated rings. The summed E-state index contributed by atoms with van der Waals surface area (Å²) in [6.45, 7) is 0. The molecule has 9 aromatic rings. The standard InChI is InChI=1S/C40H25N3O/c1-2-14-30(15-3-1)43-35-19-5-4-18-34(35)42-40(43)29-12-6-11-27(24-29)28-21-22-36-33(25-28)38-31(16-8-20-37(38)44-36)32-17-7-10-26-13-9-23-41-39(26)32/h1-25H. The van der Waals surface area contributed by atoms with Crippen LogP contribution in [0.25, 0.3) is 83.2 Å². The van der Waals surface area contributed by atoms with Crippen LogP contribution in [0.5, 0.6) is 0 Å². The summed E-state index contributed by atoms with van der Waals surface area (Å²) in [5.74, 6) is 0.917. The Balaban J connectivity index is 1.22. The second kappa shape index (κ2) is 9.79. The predicted molar refractivity (Wildman–Crippen MR) is 180 cm³/mol. The molecular formula is C40H25N3O. The van der Waals surface area contributed by atoms with E-state index in [4.69, 9.17) is 14.4 Å². The number of hydrogen-bond donors (Lipinski definition) is 0. The molecular weight excluding hydrogens is 538 g/mol. The number of furan rings is 1. The highest BCUT2D eigenvalue weighted by molar-refractivity contribution is 6.15. The average Bonchev–Trinajstić information content (AvgIpc) is 3.67. The fourth-order valence-electron chi connectivity index (χ4n) is 6.45. The molecule has 4 nitrogen and oxygen atoms in total. The zero-order valence-electron chi connectivity index (χ0n) is 23.7. The summed E-state index contributed by atoms with van der Waals surface area (Å²) < 4.78 is 8.62. The van der Waals surface area contributed by atoms with E-state index in [1.54, 1.807) is 0 Å². The van der Waals surface area contributed by atoms with Crippen molar-refractivity contribution in [1.29, 1.82) is 0 Å². The lowest BCUT2D eigenvalue weighted by molar-refractivity contribution is 0.669. The van der Waals surface area contributed by atoms with Gasteiger partial charge in [0.15, 0.2) is 0 Å². The first kappa shape index (κ1) is 24.6. The predicted octanol–water partition coefficient (Wildman–Crippen LogP) is 10.5. The zero-order chi connectivity index (χ0) is 29.0. The minimum atomic E-state index is 0.867. The Morgan fingerprint density at radius 2 is 1.32 bits per heavy atom.